The lowest BCUT2D eigenvalue weighted by Crippen LogP contribution is -2.61. The van der Waals surface area contributed by atoms with E-state index in [4.69, 9.17) is 23.7 Å². The standard InChI is InChI=1S/C69H116O12/c1-4-7-10-13-16-19-22-25-27-29-31-33-35-38-40-43-46-49-52-55-61(70)77-58-60(79-62(71)56-53-50-47-44-41-37-24-21-18-15-12-9-6-3)59-78-69-67(65(74)64(73)66(81-69)68(75)76)80-63(72)57-54-51-48-45-42-39-36-34-32-30-28-26-23-20-17-14-11-8-5-2/h7,10,16-17,19-20,25-28,31,33,38,40,60,64-67,69,73-74H,4-6,8-9,11-15,18,21-24,29-30,32,34-37,39,41-59H2,1-3H3,(H,75,76)/b10-7-,19-16-,20-17-,27-25-,28-26-,33-31-,40-38-. The molecule has 0 aromatic rings. The maximum Gasteiger partial charge on any atom is 0.335 e. The number of ether oxygens (including phenoxy) is 5. The number of unbranched alkanes of at least 4 members (excludes halogenated alkanes) is 27. The molecule has 1 aliphatic rings. The zero-order valence-corrected chi connectivity index (χ0v) is 51.3. The summed E-state index contributed by atoms with van der Waals surface area (Å²) in [6, 6.07) is 0. The van der Waals surface area contributed by atoms with Crippen molar-refractivity contribution in [1.82, 2.24) is 0 Å². The normalized spacial score (nSPS) is 18.3. The van der Waals surface area contributed by atoms with Gasteiger partial charge in [0, 0.05) is 19.3 Å². The van der Waals surface area contributed by atoms with Crippen LogP contribution in [0.25, 0.3) is 0 Å². The highest BCUT2D eigenvalue weighted by atomic mass is 16.7. The number of aliphatic hydroxyl groups is 2. The molecule has 0 aromatic heterocycles. The molecule has 0 aliphatic carbocycles. The number of rotatable bonds is 55. The molecule has 0 bridgehead atoms. The molecule has 3 N–H and O–H groups in total. The molecule has 81 heavy (non-hydrogen) atoms. The van der Waals surface area contributed by atoms with Gasteiger partial charge in [-0.3, -0.25) is 14.4 Å². The van der Waals surface area contributed by atoms with E-state index in [0.29, 0.717) is 19.3 Å². The van der Waals surface area contributed by atoms with Crippen molar-refractivity contribution in [2.75, 3.05) is 13.2 Å². The zero-order valence-electron chi connectivity index (χ0n) is 51.3. The summed E-state index contributed by atoms with van der Waals surface area (Å²) >= 11 is 0. The van der Waals surface area contributed by atoms with E-state index in [1.54, 1.807) is 0 Å². The molecule has 0 spiro atoms. The second-order valence-corrected chi connectivity index (χ2v) is 22.0. The van der Waals surface area contributed by atoms with Gasteiger partial charge in [-0.1, -0.05) is 247 Å². The summed E-state index contributed by atoms with van der Waals surface area (Å²) in [4.78, 5) is 51.3. The van der Waals surface area contributed by atoms with Crippen molar-refractivity contribution in [3.63, 3.8) is 0 Å². The number of hydrogen-bond acceptors (Lipinski definition) is 11. The molecule has 6 atom stereocenters. The van der Waals surface area contributed by atoms with Crippen molar-refractivity contribution in [3.8, 4) is 0 Å². The largest absolute Gasteiger partial charge is 0.479 e. The Morgan fingerprint density at radius 3 is 1.22 bits per heavy atom. The number of allylic oxidation sites excluding steroid dienone is 14. The van der Waals surface area contributed by atoms with Crippen LogP contribution in [0.4, 0.5) is 0 Å². The number of hydrogen-bond donors (Lipinski definition) is 3. The first kappa shape index (κ1) is 74.9. The average Bonchev–Trinajstić information content (AvgIpc) is 3.45. The van der Waals surface area contributed by atoms with Crippen molar-refractivity contribution in [2.24, 2.45) is 0 Å². The van der Waals surface area contributed by atoms with Crippen molar-refractivity contribution in [1.29, 1.82) is 0 Å². The van der Waals surface area contributed by atoms with Crippen LogP contribution in [0.15, 0.2) is 85.1 Å². The third-order valence-corrected chi connectivity index (χ3v) is 14.5. The minimum Gasteiger partial charge on any atom is -0.479 e. The second-order valence-electron chi connectivity index (χ2n) is 22.0. The summed E-state index contributed by atoms with van der Waals surface area (Å²) in [5, 5.41) is 31.6. The molecule has 0 amide bonds. The minimum atomic E-state index is -1.91. The van der Waals surface area contributed by atoms with Crippen LogP contribution in [0, 0.1) is 0 Å². The maximum atomic E-state index is 13.2. The highest BCUT2D eigenvalue weighted by Gasteiger charge is 2.50. The highest BCUT2D eigenvalue weighted by molar-refractivity contribution is 5.74. The highest BCUT2D eigenvalue weighted by Crippen LogP contribution is 2.27. The van der Waals surface area contributed by atoms with E-state index in [1.165, 1.54) is 109 Å². The van der Waals surface area contributed by atoms with Crippen molar-refractivity contribution < 1.29 is 58.2 Å². The van der Waals surface area contributed by atoms with Crippen LogP contribution in [-0.4, -0.2) is 89.2 Å². The fourth-order valence-corrected chi connectivity index (χ4v) is 9.48. The van der Waals surface area contributed by atoms with E-state index < -0.39 is 67.3 Å². The van der Waals surface area contributed by atoms with Crippen LogP contribution < -0.4 is 0 Å². The molecule has 1 heterocycles. The van der Waals surface area contributed by atoms with Gasteiger partial charge in [0.1, 0.15) is 18.8 Å². The molecular formula is C69H116O12. The van der Waals surface area contributed by atoms with Crippen molar-refractivity contribution in [2.45, 2.75) is 314 Å². The molecule has 6 unspecified atom stereocenters. The Bertz CT molecular complexity index is 1730. The number of esters is 3. The lowest BCUT2D eigenvalue weighted by molar-refractivity contribution is -0.301. The zero-order chi connectivity index (χ0) is 58.9. The topological polar surface area (TPSA) is 175 Å². The Balaban J connectivity index is 2.66. The van der Waals surface area contributed by atoms with Crippen LogP contribution in [0.1, 0.15) is 278 Å². The fourth-order valence-electron chi connectivity index (χ4n) is 9.48. The SMILES string of the molecule is CC/C=C\C/C=C\C/C=C\C/C=C\C/C=C\CCCCCC(=O)OCC(COC1OC(C(=O)O)C(O)C(O)C1OC(=O)CCCCCCCCCCC/C=C\C/C=C\CCCCC)OC(=O)CCCCCCCCCCCCCCC. The van der Waals surface area contributed by atoms with Gasteiger partial charge in [0.25, 0.3) is 0 Å². The van der Waals surface area contributed by atoms with E-state index in [0.717, 1.165) is 109 Å². The minimum absolute atomic E-state index is 0.0509. The molecular weight excluding hydrogens is 1020 g/mol. The summed E-state index contributed by atoms with van der Waals surface area (Å²) in [6.07, 6.45) is 61.1. The first-order valence-corrected chi connectivity index (χ1v) is 32.6. The quantitative estimate of drug-likeness (QED) is 0.0228. The van der Waals surface area contributed by atoms with Gasteiger partial charge in [0.05, 0.1) is 6.61 Å². The van der Waals surface area contributed by atoms with Gasteiger partial charge in [-0.25, -0.2) is 4.79 Å². The van der Waals surface area contributed by atoms with E-state index in [1.807, 2.05) is 0 Å². The molecule has 0 radical (unpaired) electrons. The second kappa shape index (κ2) is 56.4. The number of carboxylic acid groups (broad SMARTS) is 1. The van der Waals surface area contributed by atoms with Gasteiger partial charge in [0.15, 0.2) is 24.6 Å². The van der Waals surface area contributed by atoms with Gasteiger partial charge in [-0.15, -0.1) is 0 Å². The monoisotopic (exact) mass is 1140 g/mol. The van der Waals surface area contributed by atoms with Crippen LogP contribution in [-0.2, 0) is 42.9 Å². The van der Waals surface area contributed by atoms with Crippen LogP contribution >= 0.6 is 0 Å². The van der Waals surface area contributed by atoms with E-state index in [2.05, 4.69) is 106 Å². The summed E-state index contributed by atoms with van der Waals surface area (Å²) in [5.74, 6) is -3.16. The van der Waals surface area contributed by atoms with Gasteiger partial charge in [-0.2, -0.15) is 0 Å². The molecule has 1 rings (SSSR count). The molecule has 0 aromatic carbocycles. The first-order chi connectivity index (χ1) is 39.6. The maximum absolute atomic E-state index is 13.2. The summed E-state index contributed by atoms with van der Waals surface area (Å²) in [7, 11) is 0. The predicted octanol–water partition coefficient (Wildman–Crippen LogP) is 17.5. The molecule has 464 valence electrons. The molecule has 12 nitrogen and oxygen atoms in total. The van der Waals surface area contributed by atoms with Crippen molar-refractivity contribution in [3.05, 3.63) is 85.1 Å². The number of carbonyl (C=O) groups excluding carboxylic acids is 3. The van der Waals surface area contributed by atoms with Gasteiger partial charge >= 0.3 is 23.9 Å². The molecule has 1 saturated heterocycles. The van der Waals surface area contributed by atoms with Gasteiger partial charge in [0.2, 0.25) is 0 Å². The number of aliphatic hydroxyl groups excluding tert-OH is 2. The Labute approximate surface area is 492 Å². The lowest BCUT2D eigenvalue weighted by atomic mass is 9.98. The van der Waals surface area contributed by atoms with Crippen LogP contribution in [0.5, 0.6) is 0 Å². The average molecular weight is 1140 g/mol. The van der Waals surface area contributed by atoms with E-state index in [-0.39, 0.29) is 25.9 Å². The van der Waals surface area contributed by atoms with Crippen molar-refractivity contribution >= 4 is 23.9 Å². The molecule has 12 heteroatoms. The lowest BCUT2D eigenvalue weighted by Gasteiger charge is -2.40. The Hall–Kier alpha value is -4.10. The smallest absolute Gasteiger partial charge is 0.335 e. The predicted molar refractivity (Wildman–Crippen MR) is 331 cm³/mol. The molecule has 0 saturated carbocycles. The molecule has 1 aliphatic heterocycles. The Morgan fingerprint density at radius 1 is 0.420 bits per heavy atom. The van der Waals surface area contributed by atoms with Gasteiger partial charge in [-0.05, 0) is 96.3 Å². The number of carboxylic acids is 1. The Morgan fingerprint density at radius 2 is 0.778 bits per heavy atom. The number of aliphatic carboxylic acids is 1. The summed E-state index contributed by atoms with van der Waals surface area (Å²) in [6.45, 7) is 5.85. The van der Waals surface area contributed by atoms with E-state index >= 15 is 0 Å². The Kier molecular flexibility index (Phi) is 52.1. The molecule has 1 fully saturated rings. The van der Waals surface area contributed by atoms with Gasteiger partial charge < -0.3 is 39.0 Å². The third-order valence-electron chi connectivity index (χ3n) is 14.5. The summed E-state index contributed by atoms with van der Waals surface area (Å²) in [5.41, 5.74) is 0. The third kappa shape index (κ3) is 46.0. The van der Waals surface area contributed by atoms with Crippen LogP contribution in [0.3, 0.4) is 0 Å². The number of carbonyl (C=O) groups is 4. The summed E-state index contributed by atoms with van der Waals surface area (Å²) < 4.78 is 28.5. The van der Waals surface area contributed by atoms with E-state index in [9.17, 15) is 34.5 Å². The van der Waals surface area contributed by atoms with Crippen LogP contribution in [0.2, 0.25) is 0 Å². The fraction of sp³-hybridized carbons (Fsp3) is 0.739. The first-order valence-electron chi connectivity index (χ1n) is 32.6.